The van der Waals surface area contributed by atoms with E-state index in [0.717, 1.165) is 6.54 Å². The monoisotopic (exact) mass is 315 g/mol. The Balaban J connectivity index is 2.21. The quantitative estimate of drug-likeness (QED) is 0.794. The molecule has 2 rings (SSSR count). The van der Waals surface area contributed by atoms with Crippen LogP contribution in [0.4, 0.5) is 0 Å². The maximum Gasteiger partial charge on any atom is 0.0394 e. The highest BCUT2D eigenvalue weighted by Gasteiger charge is 2.38. The second-order valence-electron chi connectivity index (χ2n) is 5.42. The van der Waals surface area contributed by atoms with Crippen LogP contribution in [0, 0.1) is 5.41 Å². The standard InChI is InChI=1S/C14H22BrNS/c1-3-8-16-13(11-9-17-10-12(11)15)14(2)6-4-5-7-14/h9-10,13,16H,3-8H2,1-2H3. The van der Waals surface area contributed by atoms with E-state index >= 15 is 0 Å². The second-order valence-corrected chi connectivity index (χ2v) is 7.02. The SMILES string of the molecule is CCCNC(c1cscc1Br)C1(C)CCCC1. The molecule has 0 spiro atoms. The van der Waals surface area contributed by atoms with Gasteiger partial charge < -0.3 is 5.32 Å². The summed E-state index contributed by atoms with van der Waals surface area (Å²) in [4.78, 5) is 0. The molecule has 1 aromatic heterocycles. The molecule has 0 aliphatic heterocycles. The molecule has 96 valence electrons. The first-order valence-electron chi connectivity index (χ1n) is 6.62. The van der Waals surface area contributed by atoms with Crippen LogP contribution in [0.5, 0.6) is 0 Å². The van der Waals surface area contributed by atoms with Crippen molar-refractivity contribution in [2.24, 2.45) is 5.41 Å². The van der Waals surface area contributed by atoms with Crippen LogP contribution in [0.2, 0.25) is 0 Å². The third kappa shape index (κ3) is 2.94. The molecule has 0 bridgehead atoms. The van der Waals surface area contributed by atoms with Crippen molar-refractivity contribution in [3.8, 4) is 0 Å². The minimum atomic E-state index is 0.443. The number of hydrogen-bond acceptors (Lipinski definition) is 2. The van der Waals surface area contributed by atoms with Gasteiger partial charge in [0.1, 0.15) is 0 Å². The molecule has 1 heterocycles. The Morgan fingerprint density at radius 3 is 2.65 bits per heavy atom. The van der Waals surface area contributed by atoms with E-state index in [-0.39, 0.29) is 0 Å². The molecule has 3 heteroatoms. The van der Waals surface area contributed by atoms with Crippen molar-refractivity contribution in [2.75, 3.05) is 6.54 Å². The van der Waals surface area contributed by atoms with Crippen LogP contribution in [-0.2, 0) is 0 Å². The van der Waals surface area contributed by atoms with E-state index < -0.39 is 0 Å². The van der Waals surface area contributed by atoms with Gasteiger partial charge in [0.05, 0.1) is 0 Å². The molecule has 0 radical (unpaired) electrons. The molecule has 1 atom stereocenters. The largest absolute Gasteiger partial charge is 0.309 e. The topological polar surface area (TPSA) is 12.0 Å². The minimum absolute atomic E-state index is 0.443. The average Bonchev–Trinajstić information content (AvgIpc) is 2.90. The Hall–Kier alpha value is 0.140. The Kier molecular flexibility index (Phi) is 4.67. The number of rotatable bonds is 5. The van der Waals surface area contributed by atoms with Gasteiger partial charge in [-0.3, -0.25) is 0 Å². The fourth-order valence-electron chi connectivity index (χ4n) is 2.99. The first kappa shape index (κ1) is 13.6. The van der Waals surface area contributed by atoms with E-state index in [9.17, 15) is 0 Å². The summed E-state index contributed by atoms with van der Waals surface area (Å²) in [7, 11) is 0. The molecule has 1 unspecified atom stereocenters. The van der Waals surface area contributed by atoms with E-state index in [1.165, 1.54) is 42.1 Å². The van der Waals surface area contributed by atoms with Gasteiger partial charge >= 0.3 is 0 Å². The van der Waals surface area contributed by atoms with Crippen LogP contribution in [0.3, 0.4) is 0 Å². The zero-order valence-corrected chi connectivity index (χ0v) is 13.2. The van der Waals surface area contributed by atoms with E-state index in [4.69, 9.17) is 0 Å². The number of nitrogens with one attached hydrogen (secondary N) is 1. The number of halogens is 1. The molecule has 1 aliphatic rings. The summed E-state index contributed by atoms with van der Waals surface area (Å²) in [5.41, 5.74) is 1.91. The molecule has 0 aromatic carbocycles. The maximum absolute atomic E-state index is 3.77. The van der Waals surface area contributed by atoms with Gasteiger partial charge in [-0.1, -0.05) is 26.7 Å². The molecule has 17 heavy (non-hydrogen) atoms. The van der Waals surface area contributed by atoms with E-state index in [1.807, 2.05) is 0 Å². The van der Waals surface area contributed by atoms with Gasteiger partial charge in [-0.05, 0) is 58.1 Å². The molecular weight excluding hydrogens is 294 g/mol. The lowest BCUT2D eigenvalue weighted by atomic mass is 9.78. The molecule has 0 amide bonds. The van der Waals surface area contributed by atoms with E-state index in [2.05, 4.69) is 45.9 Å². The Bertz CT molecular complexity index is 355. The molecular formula is C14H22BrNS. The summed E-state index contributed by atoms with van der Waals surface area (Å²) in [6.07, 6.45) is 6.70. The first-order valence-corrected chi connectivity index (χ1v) is 8.36. The minimum Gasteiger partial charge on any atom is -0.309 e. The molecule has 1 saturated carbocycles. The van der Waals surface area contributed by atoms with Crippen molar-refractivity contribution in [3.05, 3.63) is 20.8 Å². The van der Waals surface area contributed by atoms with Crippen molar-refractivity contribution in [2.45, 2.75) is 52.0 Å². The highest BCUT2D eigenvalue weighted by molar-refractivity contribution is 9.10. The predicted molar refractivity (Wildman–Crippen MR) is 79.6 cm³/mol. The summed E-state index contributed by atoms with van der Waals surface area (Å²) in [5, 5.41) is 8.28. The smallest absolute Gasteiger partial charge is 0.0394 e. The van der Waals surface area contributed by atoms with Crippen LogP contribution >= 0.6 is 27.3 Å². The lowest BCUT2D eigenvalue weighted by Gasteiger charge is -2.35. The zero-order valence-electron chi connectivity index (χ0n) is 10.8. The predicted octanol–water partition coefficient (Wildman–Crippen LogP) is 5.13. The van der Waals surface area contributed by atoms with Gasteiger partial charge in [-0.2, -0.15) is 11.3 Å². The first-order chi connectivity index (χ1) is 8.17. The van der Waals surface area contributed by atoms with Crippen LogP contribution in [0.1, 0.15) is 57.6 Å². The molecule has 1 fully saturated rings. The van der Waals surface area contributed by atoms with Gasteiger partial charge in [0, 0.05) is 15.9 Å². The Morgan fingerprint density at radius 1 is 1.41 bits per heavy atom. The number of hydrogen-bond donors (Lipinski definition) is 1. The van der Waals surface area contributed by atoms with Crippen LogP contribution in [-0.4, -0.2) is 6.54 Å². The third-order valence-electron chi connectivity index (χ3n) is 3.99. The van der Waals surface area contributed by atoms with Gasteiger partial charge in [0.2, 0.25) is 0 Å². The zero-order chi connectivity index (χ0) is 12.3. The van der Waals surface area contributed by atoms with Gasteiger partial charge in [0.25, 0.3) is 0 Å². The molecule has 1 nitrogen and oxygen atoms in total. The van der Waals surface area contributed by atoms with Gasteiger partial charge in [0.15, 0.2) is 0 Å². The van der Waals surface area contributed by atoms with Crippen LogP contribution in [0.25, 0.3) is 0 Å². The molecule has 0 saturated heterocycles. The summed E-state index contributed by atoms with van der Waals surface area (Å²) in [6.45, 7) is 5.81. The van der Waals surface area contributed by atoms with Crippen molar-refractivity contribution in [1.29, 1.82) is 0 Å². The second kappa shape index (κ2) is 5.85. The Morgan fingerprint density at radius 2 is 2.12 bits per heavy atom. The summed E-state index contributed by atoms with van der Waals surface area (Å²) < 4.78 is 1.28. The normalized spacial score (nSPS) is 20.6. The fraction of sp³-hybridized carbons (Fsp3) is 0.714. The van der Waals surface area contributed by atoms with Gasteiger partial charge in [-0.15, -0.1) is 0 Å². The third-order valence-corrected chi connectivity index (χ3v) is 5.75. The highest BCUT2D eigenvalue weighted by Crippen LogP contribution is 2.49. The van der Waals surface area contributed by atoms with Crippen LogP contribution < -0.4 is 5.32 Å². The summed E-state index contributed by atoms with van der Waals surface area (Å²) in [6, 6.07) is 0.519. The van der Waals surface area contributed by atoms with E-state index in [0.29, 0.717) is 11.5 Å². The van der Waals surface area contributed by atoms with Crippen molar-refractivity contribution in [3.63, 3.8) is 0 Å². The fourth-order valence-corrected chi connectivity index (χ4v) is 4.54. The van der Waals surface area contributed by atoms with Gasteiger partial charge in [-0.25, -0.2) is 0 Å². The highest BCUT2D eigenvalue weighted by atomic mass is 79.9. The van der Waals surface area contributed by atoms with Crippen molar-refractivity contribution in [1.82, 2.24) is 5.32 Å². The Labute approximate surface area is 117 Å². The average molecular weight is 316 g/mol. The van der Waals surface area contributed by atoms with Crippen LogP contribution in [0.15, 0.2) is 15.2 Å². The lowest BCUT2D eigenvalue weighted by molar-refractivity contribution is 0.223. The van der Waals surface area contributed by atoms with Crippen molar-refractivity contribution < 1.29 is 0 Å². The molecule has 1 aliphatic carbocycles. The summed E-state index contributed by atoms with van der Waals surface area (Å²) in [5.74, 6) is 0. The summed E-state index contributed by atoms with van der Waals surface area (Å²) >= 11 is 5.50. The van der Waals surface area contributed by atoms with E-state index in [1.54, 1.807) is 11.3 Å². The maximum atomic E-state index is 3.77. The van der Waals surface area contributed by atoms with Crippen molar-refractivity contribution >= 4 is 27.3 Å². The molecule has 1 N–H and O–H groups in total. The molecule has 1 aromatic rings. The lowest BCUT2D eigenvalue weighted by Crippen LogP contribution is -2.34. The number of thiophene rings is 1.